The van der Waals surface area contributed by atoms with Gasteiger partial charge >= 0.3 is 0 Å². The monoisotopic (exact) mass is 366 g/mol. The highest BCUT2D eigenvalue weighted by Gasteiger charge is 2.22. The number of hydrogen-bond acceptors (Lipinski definition) is 4. The fourth-order valence-electron chi connectivity index (χ4n) is 3.28. The predicted octanol–water partition coefficient (Wildman–Crippen LogP) is 2.73. The first kappa shape index (κ1) is 19.0. The summed E-state index contributed by atoms with van der Waals surface area (Å²) in [5.74, 6) is -0.334. The highest BCUT2D eigenvalue weighted by atomic mass is 16.2. The van der Waals surface area contributed by atoms with Crippen LogP contribution in [0.15, 0.2) is 36.7 Å². The largest absolute Gasteiger partial charge is 0.336 e. The van der Waals surface area contributed by atoms with Gasteiger partial charge in [-0.05, 0) is 38.1 Å². The molecule has 2 aromatic rings. The van der Waals surface area contributed by atoms with Crippen molar-refractivity contribution in [2.75, 3.05) is 38.0 Å². The molecular weight excluding hydrogens is 340 g/mol. The number of rotatable bonds is 4. The van der Waals surface area contributed by atoms with Gasteiger partial charge in [0.05, 0.1) is 11.1 Å². The molecule has 1 aliphatic rings. The third-order valence-corrected chi connectivity index (χ3v) is 4.98. The Morgan fingerprint density at radius 1 is 1.04 bits per heavy atom. The fraction of sp³-hybridized carbons (Fsp3) is 0.381. The number of carbonyl (C=O) groups is 2. The van der Waals surface area contributed by atoms with Crippen LogP contribution in [-0.4, -0.2) is 59.3 Å². The average molecular weight is 366 g/mol. The Bertz CT molecular complexity index is 842. The topological polar surface area (TPSA) is 65.5 Å². The first-order valence-corrected chi connectivity index (χ1v) is 9.33. The molecule has 1 N–H and O–H groups in total. The minimum absolute atomic E-state index is 0.0700. The van der Waals surface area contributed by atoms with E-state index in [1.807, 2.05) is 36.9 Å². The van der Waals surface area contributed by atoms with Gasteiger partial charge in [-0.3, -0.25) is 14.6 Å². The number of aryl methyl sites for hydroxylation is 2. The molecule has 1 aliphatic heterocycles. The quantitative estimate of drug-likeness (QED) is 0.904. The smallest absolute Gasteiger partial charge is 0.257 e. The number of amides is 2. The Morgan fingerprint density at radius 3 is 2.41 bits per heavy atom. The molecule has 6 nitrogen and oxygen atoms in total. The van der Waals surface area contributed by atoms with E-state index in [1.165, 1.54) is 12.4 Å². The summed E-state index contributed by atoms with van der Waals surface area (Å²) >= 11 is 0. The molecule has 1 saturated heterocycles. The molecule has 0 bridgehead atoms. The van der Waals surface area contributed by atoms with Crippen molar-refractivity contribution in [2.24, 2.45) is 0 Å². The second kappa shape index (κ2) is 8.31. The third kappa shape index (κ3) is 4.52. The molecule has 2 amide bonds. The van der Waals surface area contributed by atoms with E-state index in [2.05, 4.69) is 22.1 Å². The maximum Gasteiger partial charge on any atom is 0.257 e. The van der Waals surface area contributed by atoms with Crippen LogP contribution >= 0.6 is 0 Å². The SMILES string of the molecule is CCN1CCN(C(=O)c2cncc(C(=O)Nc3ccc(C)cc3C)c2)CC1. The van der Waals surface area contributed by atoms with Gasteiger partial charge < -0.3 is 15.1 Å². The molecular formula is C21H26N4O2. The van der Waals surface area contributed by atoms with Crippen molar-refractivity contribution in [1.82, 2.24) is 14.8 Å². The number of carbonyl (C=O) groups excluding carboxylic acids is 2. The van der Waals surface area contributed by atoms with Gasteiger partial charge in [0.1, 0.15) is 0 Å². The Hall–Kier alpha value is -2.73. The van der Waals surface area contributed by atoms with Crippen LogP contribution in [0.25, 0.3) is 0 Å². The molecule has 2 heterocycles. The number of benzene rings is 1. The van der Waals surface area contributed by atoms with Crippen molar-refractivity contribution in [3.63, 3.8) is 0 Å². The van der Waals surface area contributed by atoms with Gasteiger partial charge in [-0.15, -0.1) is 0 Å². The molecule has 0 aliphatic carbocycles. The van der Waals surface area contributed by atoms with Crippen LogP contribution in [-0.2, 0) is 0 Å². The van der Waals surface area contributed by atoms with Crippen molar-refractivity contribution in [3.8, 4) is 0 Å². The summed E-state index contributed by atoms with van der Waals surface area (Å²) in [6, 6.07) is 7.49. The lowest BCUT2D eigenvalue weighted by molar-refractivity contribution is 0.0643. The van der Waals surface area contributed by atoms with E-state index in [9.17, 15) is 9.59 Å². The third-order valence-electron chi connectivity index (χ3n) is 4.98. The van der Waals surface area contributed by atoms with Gasteiger partial charge in [0.25, 0.3) is 11.8 Å². The summed E-state index contributed by atoms with van der Waals surface area (Å²) in [7, 11) is 0. The van der Waals surface area contributed by atoms with Crippen molar-refractivity contribution < 1.29 is 9.59 Å². The van der Waals surface area contributed by atoms with Crippen molar-refractivity contribution in [1.29, 1.82) is 0 Å². The average Bonchev–Trinajstić information content (AvgIpc) is 2.69. The highest BCUT2D eigenvalue weighted by Crippen LogP contribution is 2.17. The first-order valence-electron chi connectivity index (χ1n) is 9.33. The molecule has 27 heavy (non-hydrogen) atoms. The molecule has 1 aromatic heterocycles. The second-order valence-electron chi connectivity index (χ2n) is 6.96. The lowest BCUT2D eigenvalue weighted by atomic mass is 10.1. The summed E-state index contributed by atoms with van der Waals surface area (Å²) < 4.78 is 0. The van der Waals surface area contributed by atoms with E-state index in [4.69, 9.17) is 0 Å². The van der Waals surface area contributed by atoms with E-state index in [0.29, 0.717) is 24.2 Å². The van der Waals surface area contributed by atoms with Crippen LogP contribution in [0, 0.1) is 13.8 Å². The van der Waals surface area contributed by atoms with E-state index in [0.717, 1.165) is 36.4 Å². The van der Waals surface area contributed by atoms with Crippen molar-refractivity contribution in [3.05, 3.63) is 58.9 Å². The molecule has 0 saturated carbocycles. The Labute approximate surface area is 160 Å². The van der Waals surface area contributed by atoms with Crippen LogP contribution in [0.1, 0.15) is 38.8 Å². The van der Waals surface area contributed by atoms with E-state index >= 15 is 0 Å². The Kier molecular flexibility index (Phi) is 5.86. The number of piperazine rings is 1. The Balaban J connectivity index is 1.71. The normalized spacial score (nSPS) is 14.9. The summed E-state index contributed by atoms with van der Waals surface area (Å²) in [6.45, 7) is 10.2. The zero-order valence-corrected chi connectivity index (χ0v) is 16.2. The number of hydrogen-bond donors (Lipinski definition) is 1. The van der Waals surface area contributed by atoms with Crippen molar-refractivity contribution in [2.45, 2.75) is 20.8 Å². The molecule has 3 rings (SSSR count). The van der Waals surface area contributed by atoms with Gasteiger partial charge in [-0.1, -0.05) is 24.6 Å². The number of pyridine rings is 1. The van der Waals surface area contributed by atoms with Gasteiger partial charge in [0.15, 0.2) is 0 Å². The zero-order valence-electron chi connectivity index (χ0n) is 16.2. The van der Waals surface area contributed by atoms with E-state index in [1.54, 1.807) is 6.07 Å². The van der Waals surface area contributed by atoms with Crippen LogP contribution < -0.4 is 5.32 Å². The van der Waals surface area contributed by atoms with Gasteiger partial charge in [0, 0.05) is 44.3 Å². The van der Waals surface area contributed by atoms with Gasteiger partial charge in [-0.25, -0.2) is 0 Å². The second-order valence-corrected chi connectivity index (χ2v) is 6.96. The molecule has 0 unspecified atom stereocenters. The van der Waals surface area contributed by atoms with Gasteiger partial charge in [-0.2, -0.15) is 0 Å². The van der Waals surface area contributed by atoms with Crippen LogP contribution in [0.3, 0.4) is 0 Å². The first-order chi connectivity index (χ1) is 13.0. The number of nitrogens with one attached hydrogen (secondary N) is 1. The lowest BCUT2D eigenvalue weighted by Crippen LogP contribution is -2.48. The number of likely N-dealkylation sites (N-methyl/N-ethyl adjacent to an activating group) is 1. The van der Waals surface area contributed by atoms with E-state index in [-0.39, 0.29) is 11.8 Å². The molecule has 0 atom stereocenters. The molecule has 142 valence electrons. The fourth-order valence-corrected chi connectivity index (χ4v) is 3.28. The maximum atomic E-state index is 12.8. The lowest BCUT2D eigenvalue weighted by Gasteiger charge is -2.34. The minimum atomic E-state index is -0.264. The molecule has 6 heteroatoms. The van der Waals surface area contributed by atoms with Crippen LogP contribution in [0.2, 0.25) is 0 Å². The zero-order chi connectivity index (χ0) is 19.4. The molecule has 0 spiro atoms. The summed E-state index contributed by atoms with van der Waals surface area (Å²) in [5, 5.41) is 2.90. The Morgan fingerprint density at radius 2 is 1.74 bits per heavy atom. The molecule has 1 aromatic carbocycles. The highest BCUT2D eigenvalue weighted by molar-refractivity contribution is 6.06. The van der Waals surface area contributed by atoms with Crippen LogP contribution in [0.5, 0.6) is 0 Å². The van der Waals surface area contributed by atoms with Crippen LogP contribution in [0.4, 0.5) is 5.69 Å². The standard InChI is InChI=1S/C21H26N4O2/c1-4-24-7-9-25(10-8-24)21(27)18-12-17(13-22-14-18)20(26)23-19-6-5-15(2)11-16(19)3/h5-6,11-14H,4,7-10H2,1-3H3,(H,23,26). The summed E-state index contributed by atoms with van der Waals surface area (Å²) in [4.78, 5) is 33.6. The predicted molar refractivity (Wildman–Crippen MR) is 106 cm³/mol. The number of anilines is 1. The molecule has 0 radical (unpaired) electrons. The number of aromatic nitrogens is 1. The summed E-state index contributed by atoms with van der Waals surface area (Å²) in [5.41, 5.74) is 3.74. The molecule has 1 fully saturated rings. The van der Waals surface area contributed by atoms with E-state index < -0.39 is 0 Å². The number of nitrogens with zero attached hydrogens (tertiary/aromatic N) is 3. The maximum absolute atomic E-state index is 12.8. The van der Waals surface area contributed by atoms with Gasteiger partial charge in [0.2, 0.25) is 0 Å². The summed E-state index contributed by atoms with van der Waals surface area (Å²) in [6.07, 6.45) is 3.02. The van der Waals surface area contributed by atoms with Crippen molar-refractivity contribution >= 4 is 17.5 Å². The minimum Gasteiger partial charge on any atom is -0.336 e.